The highest BCUT2D eigenvalue weighted by Gasteiger charge is 2.42. The van der Waals surface area contributed by atoms with Gasteiger partial charge in [-0.15, -0.1) is 0 Å². The molecule has 9 nitrogen and oxygen atoms in total. The van der Waals surface area contributed by atoms with Gasteiger partial charge in [0, 0.05) is 4.91 Å². The molecule has 0 heterocycles. The number of azide groups is 1. The monoisotopic (exact) mass is 407 g/mol. The van der Waals surface area contributed by atoms with Gasteiger partial charge in [0.1, 0.15) is 6.10 Å². The van der Waals surface area contributed by atoms with E-state index in [1.165, 1.54) is 0 Å². The minimum atomic E-state index is -4.27. The second-order valence-electron chi connectivity index (χ2n) is 5.94. The van der Waals surface area contributed by atoms with E-state index in [4.69, 9.17) is 14.6 Å². The van der Waals surface area contributed by atoms with Crippen LogP contribution < -0.4 is 0 Å². The highest BCUT2D eigenvalue weighted by molar-refractivity contribution is 7.54. The van der Waals surface area contributed by atoms with E-state index < -0.39 is 32.2 Å². The van der Waals surface area contributed by atoms with Gasteiger partial charge >= 0.3 is 7.60 Å². The van der Waals surface area contributed by atoms with Crippen LogP contribution in [0.4, 0.5) is 0 Å². The van der Waals surface area contributed by atoms with Crippen LogP contribution in [-0.2, 0) is 26.8 Å². The molecule has 10 heteroatoms. The molecule has 0 saturated carbocycles. The van der Waals surface area contributed by atoms with E-state index in [0.717, 1.165) is 0 Å². The highest BCUT2D eigenvalue weighted by atomic mass is 31.2. The molecular weight excluding hydrogens is 385 g/mol. The van der Waals surface area contributed by atoms with E-state index in [-0.39, 0.29) is 13.2 Å². The van der Waals surface area contributed by atoms with Crippen molar-refractivity contribution in [2.24, 2.45) is 5.11 Å². The fourth-order valence-corrected chi connectivity index (χ4v) is 3.89. The maximum Gasteiger partial charge on any atom is 0.362 e. The van der Waals surface area contributed by atoms with Crippen LogP contribution in [0.15, 0.2) is 65.8 Å². The van der Waals surface area contributed by atoms with Gasteiger partial charge in [0.2, 0.25) is 0 Å². The lowest BCUT2D eigenvalue weighted by atomic mass is 10.2. The SMILES string of the molecule is [N-]=[N+]=NC[C@H](O)[C@@H](O)[C@@H](O)P(=O)(OCc1ccccc1)OCc1ccccc1. The number of rotatable bonds is 11. The molecular formula is C18H22N3O6P. The van der Waals surface area contributed by atoms with E-state index in [2.05, 4.69) is 10.0 Å². The van der Waals surface area contributed by atoms with E-state index in [0.29, 0.717) is 11.1 Å². The van der Waals surface area contributed by atoms with Gasteiger partial charge in [-0.3, -0.25) is 4.57 Å². The van der Waals surface area contributed by atoms with Crippen LogP contribution in [0.25, 0.3) is 10.4 Å². The molecule has 2 aromatic carbocycles. The number of nitrogens with zero attached hydrogens (tertiary/aromatic N) is 3. The lowest BCUT2D eigenvalue weighted by Crippen LogP contribution is -2.39. The summed E-state index contributed by atoms with van der Waals surface area (Å²) in [5.74, 6) is -2.04. The third kappa shape index (κ3) is 6.44. The Bertz CT molecular complexity index is 769. The normalized spacial score (nSPS) is 14.7. The summed E-state index contributed by atoms with van der Waals surface area (Å²) < 4.78 is 24.0. The number of aliphatic hydroxyl groups is 3. The molecule has 0 radical (unpaired) electrons. The first-order valence-electron chi connectivity index (χ1n) is 8.48. The molecule has 0 bridgehead atoms. The lowest BCUT2D eigenvalue weighted by Gasteiger charge is -2.28. The van der Waals surface area contributed by atoms with E-state index >= 15 is 0 Å². The first-order valence-corrected chi connectivity index (χ1v) is 10.1. The van der Waals surface area contributed by atoms with Gasteiger partial charge in [-0.1, -0.05) is 65.8 Å². The number of benzene rings is 2. The highest BCUT2D eigenvalue weighted by Crippen LogP contribution is 2.54. The molecule has 3 atom stereocenters. The molecule has 0 aliphatic rings. The fraction of sp³-hybridized carbons (Fsp3) is 0.333. The largest absolute Gasteiger partial charge is 0.390 e. The summed E-state index contributed by atoms with van der Waals surface area (Å²) in [6.07, 6.45) is -3.54. The van der Waals surface area contributed by atoms with E-state index in [1.54, 1.807) is 60.7 Å². The molecule has 3 N–H and O–H groups in total. The van der Waals surface area contributed by atoms with Crippen molar-refractivity contribution in [2.45, 2.75) is 31.3 Å². The van der Waals surface area contributed by atoms with Crippen LogP contribution in [0.5, 0.6) is 0 Å². The van der Waals surface area contributed by atoms with Crippen LogP contribution in [0.2, 0.25) is 0 Å². The van der Waals surface area contributed by atoms with Gasteiger partial charge in [0.15, 0.2) is 5.85 Å². The average molecular weight is 407 g/mol. The van der Waals surface area contributed by atoms with Crippen molar-refractivity contribution in [3.8, 4) is 0 Å². The van der Waals surface area contributed by atoms with Crippen molar-refractivity contribution >= 4 is 7.60 Å². The quantitative estimate of drug-likeness (QED) is 0.226. The van der Waals surface area contributed by atoms with Crippen molar-refractivity contribution in [1.82, 2.24) is 0 Å². The molecule has 28 heavy (non-hydrogen) atoms. The zero-order chi connectivity index (χ0) is 20.4. The molecule has 150 valence electrons. The van der Waals surface area contributed by atoms with Crippen LogP contribution in [0, 0.1) is 0 Å². The van der Waals surface area contributed by atoms with Crippen LogP contribution in [0.1, 0.15) is 11.1 Å². The predicted molar refractivity (Wildman–Crippen MR) is 102 cm³/mol. The summed E-state index contributed by atoms with van der Waals surface area (Å²) in [5.41, 5.74) is 9.68. The van der Waals surface area contributed by atoms with E-state index in [9.17, 15) is 19.9 Å². The Morgan fingerprint density at radius 3 is 1.82 bits per heavy atom. The first kappa shape index (κ1) is 22.1. The van der Waals surface area contributed by atoms with Gasteiger partial charge in [0.25, 0.3) is 0 Å². The predicted octanol–water partition coefficient (Wildman–Crippen LogP) is 2.96. The molecule has 2 rings (SSSR count). The Morgan fingerprint density at radius 2 is 1.39 bits per heavy atom. The zero-order valence-electron chi connectivity index (χ0n) is 15.0. The van der Waals surface area contributed by atoms with Crippen molar-refractivity contribution in [3.63, 3.8) is 0 Å². The Labute approximate surface area is 162 Å². The smallest absolute Gasteiger partial charge is 0.362 e. The molecule has 0 fully saturated rings. The minimum absolute atomic E-state index is 0.136. The van der Waals surface area contributed by atoms with Crippen molar-refractivity contribution in [3.05, 3.63) is 82.2 Å². The molecule has 0 aliphatic carbocycles. The Kier molecular flexibility index (Phi) is 8.63. The third-order valence-corrected chi connectivity index (χ3v) is 5.80. The van der Waals surface area contributed by atoms with E-state index in [1.807, 2.05) is 0 Å². The number of hydrogen-bond acceptors (Lipinski definition) is 7. The molecule has 0 amide bonds. The van der Waals surface area contributed by atoms with Gasteiger partial charge < -0.3 is 24.4 Å². The first-order chi connectivity index (χ1) is 13.5. The minimum Gasteiger partial charge on any atom is -0.390 e. The zero-order valence-corrected chi connectivity index (χ0v) is 15.9. The lowest BCUT2D eigenvalue weighted by molar-refractivity contribution is -0.0377. The summed E-state index contributed by atoms with van der Waals surface area (Å²) in [4.78, 5) is 2.47. The van der Waals surface area contributed by atoms with Crippen LogP contribution in [-0.4, -0.2) is 39.9 Å². The van der Waals surface area contributed by atoms with Crippen LogP contribution >= 0.6 is 7.60 Å². The summed E-state index contributed by atoms with van der Waals surface area (Å²) in [6, 6.07) is 17.6. The van der Waals surface area contributed by atoms with Crippen molar-refractivity contribution in [2.75, 3.05) is 6.54 Å². The standard InChI is InChI=1S/C18H22N3O6P/c19-21-20-11-16(22)17(23)18(24)28(25,26-12-14-7-3-1-4-8-14)27-13-15-9-5-2-6-10-15/h1-10,16-18,22-24H,11-13H2/t16-,17+,18-/m0/s1. The summed E-state index contributed by atoms with van der Waals surface area (Å²) in [7, 11) is -4.27. The molecule has 2 aromatic rings. The molecule has 0 spiro atoms. The Morgan fingerprint density at radius 1 is 0.929 bits per heavy atom. The van der Waals surface area contributed by atoms with Gasteiger partial charge in [-0.25, -0.2) is 0 Å². The summed E-state index contributed by atoms with van der Waals surface area (Å²) >= 11 is 0. The summed E-state index contributed by atoms with van der Waals surface area (Å²) in [6.45, 7) is -0.779. The molecule has 0 aromatic heterocycles. The second kappa shape index (κ2) is 10.9. The topological polar surface area (TPSA) is 145 Å². The third-order valence-electron chi connectivity index (χ3n) is 3.86. The second-order valence-corrected chi connectivity index (χ2v) is 8.07. The Hall–Kier alpha value is -2.22. The van der Waals surface area contributed by atoms with Crippen molar-refractivity contribution in [1.29, 1.82) is 0 Å². The molecule has 0 aliphatic heterocycles. The van der Waals surface area contributed by atoms with Gasteiger partial charge in [-0.2, -0.15) is 0 Å². The average Bonchev–Trinajstić information content (AvgIpc) is 2.75. The van der Waals surface area contributed by atoms with Gasteiger partial charge in [0.05, 0.1) is 25.9 Å². The Balaban J connectivity index is 2.15. The molecule has 0 unspecified atom stereocenters. The van der Waals surface area contributed by atoms with Crippen molar-refractivity contribution < 1.29 is 28.9 Å². The number of hydrogen-bond donors (Lipinski definition) is 3. The number of aliphatic hydroxyl groups excluding tert-OH is 3. The van der Waals surface area contributed by atoms with Crippen LogP contribution in [0.3, 0.4) is 0 Å². The fourth-order valence-electron chi connectivity index (χ4n) is 2.28. The maximum atomic E-state index is 13.2. The summed E-state index contributed by atoms with van der Waals surface area (Å²) in [5, 5.41) is 33.5. The van der Waals surface area contributed by atoms with Gasteiger partial charge in [-0.05, 0) is 16.7 Å². The molecule has 0 saturated heterocycles. The maximum absolute atomic E-state index is 13.2.